The van der Waals surface area contributed by atoms with Crippen molar-refractivity contribution in [3.8, 4) is 0 Å². The number of rotatable bonds is 5. The molecule has 1 aliphatic rings. The van der Waals surface area contributed by atoms with Crippen molar-refractivity contribution < 1.29 is 4.79 Å². The number of piperidine rings is 1. The number of nitrogens with one attached hydrogen (secondary N) is 1. The molecule has 108 valence electrons. The second-order valence-electron chi connectivity index (χ2n) is 5.66. The molecule has 0 bridgehead atoms. The van der Waals surface area contributed by atoms with E-state index in [0.717, 1.165) is 44.3 Å². The molecule has 0 aliphatic carbocycles. The van der Waals surface area contributed by atoms with Gasteiger partial charge in [-0.1, -0.05) is 37.6 Å². The first-order chi connectivity index (χ1) is 9.72. The fraction of sp³-hybridized carbons (Fsp3) is 0.500. The van der Waals surface area contributed by atoms with Crippen LogP contribution in [0.3, 0.4) is 0 Å². The average molecular weight is 271 g/mol. The van der Waals surface area contributed by atoms with Gasteiger partial charge >= 0.3 is 0 Å². The largest absolute Gasteiger partial charge is 0.317 e. The third-order valence-electron chi connectivity index (χ3n) is 4.06. The smallest absolute Gasteiger partial charge is 0.162 e. The van der Waals surface area contributed by atoms with Crippen molar-refractivity contribution in [3.05, 3.63) is 41.0 Å². The summed E-state index contributed by atoms with van der Waals surface area (Å²) in [7, 11) is 0. The van der Waals surface area contributed by atoms with Gasteiger partial charge in [-0.15, -0.1) is 0 Å². The Kier molecular flexibility index (Phi) is 5.54. The minimum Gasteiger partial charge on any atom is -0.317 e. The molecule has 1 aromatic carbocycles. The van der Waals surface area contributed by atoms with E-state index < -0.39 is 0 Å². The second-order valence-corrected chi connectivity index (χ2v) is 5.66. The summed E-state index contributed by atoms with van der Waals surface area (Å²) in [5, 5.41) is 3.33. The normalized spacial score (nSPS) is 17.2. The van der Waals surface area contributed by atoms with Gasteiger partial charge in [-0.3, -0.25) is 4.79 Å². The molecule has 0 aromatic heterocycles. The molecule has 0 radical (unpaired) electrons. The van der Waals surface area contributed by atoms with Gasteiger partial charge in [-0.2, -0.15) is 0 Å². The summed E-state index contributed by atoms with van der Waals surface area (Å²) in [6.07, 6.45) is 5.98. The number of hydrogen-bond donors (Lipinski definition) is 1. The van der Waals surface area contributed by atoms with Gasteiger partial charge in [0.1, 0.15) is 0 Å². The summed E-state index contributed by atoms with van der Waals surface area (Å²) in [6, 6.07) is 8.28. The number of hydrogen-bond acceptors (Lipinski definition) is 2. The SMILES string of the molecule is CCC/C(=C\c1ccccc1C)C(=O)C1CCNCC1. The van der Waals surface area contributed by atoms with Crippen LogP contribution < -0.4 is 5.32 Å². The predicted molar refractivity (Wildman–Crippen MR) is 84.7 cm³/mol. The Bertz CT molecular complexity index is 484. The van der Waals surface area contributed by atoms with Crippen molar-refractivity contribution in [3.63, 3.8) is 0 Å². The van der Waals surface area contributed by atoms with Crippen molar-refractivity contribution in [2.75, 3.05) is 13.1 Å². The van der Waals surface area contributed by atoms with Gasteiger partial charge in [-0.05, 0) is 62.1 Å². The summed E-state index contributed by atoms with van der Waals surface area (Å²) >= 11 is 0. The van der Waals surface area contributed by atoms with Gasteiger partial charge in [0.15, 0.2) is 5.78 Å². The Labute approximate surface area is 122 Å². The maximum Gasteiger partial charge on any atom is 0.162 e. The van der Waals surface area contributed by atoms with Crippen LogP contribution in [0.1, 0.15) is 43.7 Å². The van der Waals surface area contributed by atoms with E-state index in [9.17, 15) is 4.79 Å². The summed E-state index contributed by atoms with van der Waals surface area (Å²) in [6.45, 7) is 6.19. The van der Waals surface area contributed by atoms with Crippen molar-refractivity contribution in [2.24, 2.45) is 5.92 Å². The van der Waals surface area contributed by atoms with Gasteiger partial charge < -0.3 is 5.32 Å². The van der Waals surface area contributed by atoms with Crippen molar-refractivity contribution in [1.82, 2.24) is 5.32 Å². The van der Waals surface area contributed by atoms with E-state index in [1.165, 1.54) is 11.1 Å². The van der Waals surface area contributed by atoms with Gasteiger partial charge in [-0.25, -0.2) is 0 Å². The molecular formula is C18H25NO. The second kappa shape index (κ2) is 7.39. The van der Waals surface area contributed by atoms with Crippen molar-refractivity contribution >= 4 is 11.9 Å². The molecular weight excluding hydrogens is 246 g/mol. The van der Waals surface area contributed by atoms with E-state index in [4.69, 9.17) is 0 Å². The lowest BCUT2D eigenvalue weighted by Crippen LogP contribution is -2.32. The molecule has 2 heteroatoms. The van der Waals surface area contributed by atoms with Crippen LogP contribution >= 0.6 is 0 Å². The number of allylic oxidation sites excluding steroid dienone is 1. The molecule has 0 amide bonds. The molecule has 1 fully saturated rings. The Morgan fingerprint density at radius 2 is 2.00 bits per heavy atom. The zero-order chi connectivity index (χ0) is 14.4. The molecule has 1 aromatic rings. The Hall–Kier alpha value is -1.41. The maximum absolute atomic E-state index is 12.7. The number of carbonyl (C=O) groups excluding carboxylic acids is 1. The Morgan fingerprint density at radius 1 is 1.30 bits per heavy atom. The van der Waals surface area contributed by atoms with Crippen molar-refractivity contribution in [1.29, 1.82) is 0 Å². The number of Topliss-reactive ketones (excluding diaryl/α,β-unsaturated/α-hetero) is 1. The minimum atomic E-state index is 0.220. The molecule has 1 heterocycles. The van der Waals surface area contributed by atoms with Crippen LogP contribution in [0, 0.1) is 12.8 Å². The van der Waals surface area contributed by atoms with E-state index >= 15 is 0 Å². The zero-order valence-electron chi connectivity index (χ0n) is 12.6. The molecule has 1 saturated heterocycles. The highest BCUT2D eigenvalue weighted by molar-refractivity contribution is 6.01. The summed E-state index contributed by atoms with van der Waals surface area (Å²) in [4.78, 5) is 12.7. The van der Waals surface area contributed by atoms with Crippen LogP contribution in [-0.2, 0) is 4.79 Å². The molecule has 1 aliphatic heterocycles. The van der Waals surface area contributed by atoms with E-state index in [2.05, 4.69) is 37.4 Å². The van der Waals surface area contributed by atoms with Crippen LogP contribution in [0.4, 0.5) is 0 Å². The molecule has 20 heavy (non-hydrogen) atoms. The quantitative estimate of drug-likeness (QED) is 0.826. The highest BCUT2D eigenvalue weighted by atomic mass is 16.1. The van der Waals surface area contributed by atoms with Crippen LogP contribution in [0.5, 0.6) is 0 Å². The fourth-order valence-electron chi connectivity index (χ4n) is 2.82. The monoisotopic (exact) mass is 271 g/mol. The highest BCUT2D eigenvalue weighted by Gasteiger charge is 2.23. The lowest BCUT2D eigenvalue weighted by Gasteiger charge is -2.22. The molecule has 0 saturated carbocycles. The number of aryl methyl sites for hydroxylation is 1. The zero-order valence-corrected chi connectivity index (χ0v) is 12.6. The molecule has 0 atom stereocenters. The van der Waals surface area contributed by atoms with Gasteiger partial charge in [0.25, 0.3) is 0 Å². The molecule has 2 rings (SSSR count). The standard InChI is InChI=1S/C18H25NO/c1-3-6-17(13-16-8-5-4-7-14(16)2)18(20)15-9-11-19-12-10-15/h4-5,7-8,13,15,19H,3,6,9-12H2,1-2H3/b17-13+. The summed E-state index contributed by atoms with van der Waals surface area (Å²) in [5.74, 6) is 0.592. The fourth-order valence-corrected chi connectivity index (χ4v) is 2.82. The Balaban J connectivity index is 2.21. The molecule has 0 spiro atoms. The van der Waals surface area contributed by atoms with E-state index in [-0.39, 0.29) is 5.92 Å². The summed E-state index contributed by atoms with van der Waals surface area (Å²) < 4.78 is 0. The van der Waals surface area contributed by atoms with Crippen LogP contribution in [0.15, 0.2) is 29.8 Å². The minimum absolute atomic E-state index is 0.220. The third kappa shape index (κ3) is 3.80. The van der Waals surface area contributed by atoms with E-state index in [1.54, 1.807) is 0 Å². The first-order valence-corrected chi connectivity index (χ1v) is 7.73. The lowest BCUT2D eigenvalue weighted by molar-refractivity contribution is -0.120. The van der Waals surface area contributed by atoms with Gasteiger partial charge in [0.2, 0.25) is 0 Å². The number of ketones is 1. The highest BCUT2D eigenvalue weighted by Crippen LogP contribution is 2.23. The maximum atomic E-state index is 12.7. The first-order valence-electron chi connectivity index (χ1n) is 7.73. The van der Waals surface area contributed by atoms with Crippen LogP contribution in [0.2, 0.25) is 0 Å². The Morgan fingerprint density at radius 3 is 2.65 bits per heavy atom. The topological polar surface area (TPSA) is 29.1 Å². The van der Waals surface area contributed by atoms with Gasteiger partial charge in [0, 0.05) is 5.92 Å². The van der Waals surface area contributed by atoms with Gasteiger partial charge in [0.05, 0.1) is 0 Å². The van der Waals surface area contributed by atoms with Crippen molar-refractivity contribution in [2.45, 2.75) is 39.5 Å². The summed E-state index contributed by atoms with van der Waals surface area (Å²) in [5.41, 5.74) is 3.42. The van der Waals surface area contributed by atoms with E-state index in [0.29, 0.717) is 5.78 Å². The number of benzene rings is 1. The molecule has 2 nitrogen and oxygen atoms in total. The molecule has 1 N–H and O–H groups in total. The average Bonchev–Trinajstić information content (AvgIpc) is 2.49. The third-order valence-corrected chi connectivity index (χ3v) is 4.06. The first kappa shape index (κ1) is 15.0. The predicted octanol–water partition coefficient (Wildman–Crippen LogP) is 3.75. The van der Waals surface area contributed by atoms with E-state index in [1.807, 2.05) is 12.1 Å². The van der Waals surface area contributed by atoms with Crippen LogP contribution in [-0.4, -0.2) is 18.9 Å². The molecule has 0 unspecified atom stereocenters. The van der Waals surface area contributed by atoms with Crippen LogP contribution in [0.25, 0.3) is 6.08 Å². The number of carbonyl (C=O) groups is 1. The lowest BCUT2D eigenvalue weighted by atomic mass is 9.87.